The summed E-state index contributed by atoms with van der Waals surface area (Å²) in [5, 5.41) is 6.90. The molecule has 8 nitrogen and oxygen atoms in total. The molecule has 1 amide bonds. The fourth-order valence-corrected chi connectivity index (χ4v) is 3.15. The lowest BCUT2D eigenvalue weighted by Gasteiger charge is -2.10. The van der Waals surface area contributed by atoms with Gasteiger partial charge in [0.2, 0.25) is 5.95 Å². The van der Waals surface area contributed by atoms with Gasteiger partial charge in [0.1, 0.15) is 23.1 Å². The molecular formula is C21H17F2N5O3. The van der Waals surface area contributed by atoms with E-state index in [-0.39, 0.29) is 22.9 Å². The number of carbonyl (C=O) groups is 1. The summed E-state index contributed by atoms with van der Waals surface area (Å²) in [6.07, 6.45) is 1.96. The topological polar surface area (TPSA) is 106 Å². The second-order valence-corrected chi connectivity index (χ2v) is 6.69. The van der Waals surface area contributed by atoms with Crippen LogP contribution in [-0.4, -0.2) is 25.7 Å². The van der Waals surface area contributed by atoms with E-state index in [2.05, 4.69) is 20.4 Å². The summed E-state index contributed by atoms with van der Waals surface area (Å²) in [5.41, 5.74) is 0.702. The highest BCUT2D eigenvalue weighted by Gasteiger charge is 2.20. The molecule has 0 fully saturated rings. The Bertz CT molecular complexity index is 1330. The lowest BCUT2D eigenvalue weighted by atomic mass is 10.2. The molecule has 0 unspecified atom stereocenters. The van der Waals surface area contributed by atoms with Crippen LogP contribution in [0.3, 0.4) is 0 Å². The van der Waals surface area contributed by atoms with Gasteiger partial charge in [-0.3, -0.25) is 14.6 Å². The van der Waals surface area contributed by atoms with E-state index >= 15 is 0 Å². The third kappa shape index (κ3) is 3.87. The highest BCUT2D eigenvalue weighted by Crippen LogP contribution is 2.25. The van der Waals surface area contributed by atoms with Gasteiger partial charge >= 0.3 is 0 Å². The standard InChI is InChI=1S/C21H17F2N5O3/c1-3-13-11(2)24-21(26-19(13)29)28-18(10-16(27-28)17-5-4-8-31-17)25-20(30)14-7-6-12(22)9-15(14)23/h4-10H,3H2,1-2H3,(H,25,30)(H,24,26,29). The van der Waals surface area contributed by atoms with Crippen molar-refractivity contribution < 1.29 is 18.0 Å². The molecule has 10 heteroatoms. The van der Waals surface area contributed by atoms with Gasteiger partial charge in [-0.25, -0.2) is 13.8 Å². The number of nitrogens with one attached hydrogen (secondary N) is 2. The number of amides is 1. The number of aryl methyl sites for hydroxylation is 1. The quantitative estimate of drug-likeness (QED) is 0.508. The fraction of sp³-hybridized carbons (Fsp3) is 0.143. The number of hydrogen-bond acceptors (Lipinski definition) is 5. The maximum Gasteiger partial charge on any atom is 0.259 e. The monoisotopic (exact) mass is 425 g/mol. The SMILES string of the molecule is CCc1c(C)nc(-n2nc(-c3ccco3)cc2NC(=O)c2ccc(F)cc2F)[nH]c1=O. The minimum Gasteiger partial charge on any atom is -0.463 e. The molecule has 0 aliphatic rings. The maximum absolute atomic E-state index is 14.0. The Labute approximate surface area is 174 Å². The largest absolute Gasteiger partial charge is 0.463 e. The molecule has 4 rings (SSSR count). The molecule has 1 aromatic carbocycles. The molecule has 31 heavy (non-hydrogen) atoms. The van der Waals surface area contributed by atoms with Crippen LogP contribution in [0.15, 0.2) is 51.9 Å². The van der Waals surface area contributed by atoms with Gasteiger partial charge in [-0.15, -0.1) is 0 Å². The maximum atomic E-state index is 14.0. The third-order valence-corrected chi connectivity index (χ3v) is 4.66. The number of rotatable bonds is 5. The number of H-pyrrole nitrogens is 1. The van der Waals surface area contributed by atoms with Crippen LogP contribution < -0.4 is 10.9 Å². The summed E-state index contributed by atoms with van der Waals surface area (Å²) >= 11 is 0. The smallest absolute Gasteiger partial charge is 0.259 e. The summed E-state index contributed by atoms with van der Waals surface area (Å²) in [6, 6.07) is 7.46. The van der Waals surface area contributed by atoms with Crippen LogP contribution >= 0.6 is 0 Å². The number of halogens is 2. The Morgan fingerprint density at radius 1 is 1.26 bits per heavy atom. The minimum atomic E-state index is -1.01. The predicted molar refractivity (Wildman–Crippen MR) is 108 cm³/mol. The highest BCUT2D eigenvalue weighted by molar-refractivity contribution is 6.04. The van der Waals surface area contributed by atoms with Crippen LogP contribution in [0.4, 0.5) is 14.6 Å². The molecule has 158 valence electrons. The number of furan rings is 1. The van der Waals surface area contributed by atoms with Crippen molar-refractivity contribution in [2.24, 2.45) is 0 Å². The summed E-state index contributed by atoms with van der Waals surface area (Å²) in [5.74, 6) is -2.06. The highest BCUT2D eigenvalue weighted by atomic mass is 19.1. The average Bonchev–Trinajstić information content (AvgIpc) is 3.37. The van der Waals surface area contributed by atoms with Crippen LogP contribution in [0, 0.1) is 18.6 Å². The molecule has 0 saturated carbocycles. The van der Waals surface area contributed by atoms with Crippen molar-refractivity contribution in [3.8, 4) is 17.4 Å². The van der Waals surface area contributed by atoms with E-state index in [4.69, 9.17) is 4.42 Å². The number of anilines is 1. The molecule has 0 aliphatic heterocycles. The average molecular weight is 425 g/mol. The first-order valence-corrected chi connectivity index (χ1v) is 9.38. The van der Waals surface area contributed by atoms with Gasteiger partial charge in [-0.05, 0) is 37.6 Å². The third-order valence-electron chi connectivity index (χ3n) is 4.66. The van der Waals surface area contributed by atoms with E-state index in [1.807, 2.05) is 6.92 Å². The number of nitrogens with zero attached hydrogens (tertiary/aromatic N) is 3. The van der Waals surface area contributed by atoms with E-state index in [9.17, 15) is 18.4 Å². The first-order valence-electron chi connectivity index (χ1n) is 9.38. The first kappa shape index (κ1) is 20.2. The zero-order valence-corrected chi connectivity index (χ0v) is 16.6. The molecular weight excluding hydrogens is 408 g/mol. The van der Waals surface area contributed by atoms with Crippen molar-refractivity contribution in [2.45, 2.75) is 20.3 Å². The Balaban J connectivity index is 1.80. The Morgan fingerprint density at radius 3 is 2.71 bits per heavy atom. The van der Waals surface area contributed by atoms with Crippen LogP contribution in [0.5, 0.6) is 0 Å². The molecule has 3 heterocycles. The van der Waals surface area contributed by atoms with Crippen molar-refractivity contribution in [3.05, 3.63) is 81.5 Å². The first-order chi connectivity index (χ1) is 14.9. The summed E-state index contributed by atoms with van der Waals surface area (Å²) in [4.78, 5) is 32.1. The van der Waals surface area contributed by atoms with Gasteiger partial charge in [-0.1, -0.05) is 6.92 Å². The second kappa shape index (κ2) is 7.98. The van der Waals surface area contributed by atoms with Crippen molar-refractivity contribution in [1.82, 2.24) is 19.7 Å². The number of benzene rings is 1. The summed E-state index contributed by atoms with van der Waals surface area (Å²) < 4.78 is 33.8. The van der Waals surface area contributed by atoms with Gasteiger partial charge in [-0.2, -0.15) is 9.78 Å². The number of hydrogen-bond donors (Lipinski definition) is 2. The Morgan fingerprint density at radius 2 is 2.06 bits per heavy atom. The summed E-state index contributed by atoms with van der Waals surface area (Å²) in [6.45, 7) is 3.53. The van der Waals surface area contributed by atoms with E-state index in [0.717, 1.165) is 12.1 Å². The lowest BCUT2D eigenvalue weighted by molar-refractivity contribution is 0.102. The van der Waals surface area contributed by atoms with Crippen LogP contribution in [0.1, 0.15) is 28.5 Å². The zero-order valence-electron chi connectivity index (χ0n) is 16.6. The normalized spacial score (nSPS) is 11.0. The number of aromatic nitrogens is 4. The van der Waals surface area contributed by atoms with E-state index in [1.165, 1.54) is 17.0 Å². The molecule has 0 radical (unpaired) electrons. The molecule has 0 saturated heterocycles. The number of carbonyl (C=O) groups excluding carboxylic acids is 1. The van der Waals surface area contributed by atoms with E-state index < -0.39 is 17.5 Å². The second-order valence-electron chi connectivity index (χ2n) is 6.69. The van der Waals surface area contributed by atoms with Gasteiger partial charge < -0.3 is 9.73 Å². The van der Waals surface area contributed by atoms with Crippen LogP contribution in [-0.2, 0) is 6.42 Å². The molecule has 2 N–H and O–H groups in total. The number of aromatic amines is 1. The molecule has 4 aromatic rings. The van der Waals surface area contributed by atoms with Crippen molar-refractivity contribution in [3.63, 3.8) is 0 Å². The minimum absolute atomic E-state index is 0.0624. The van der Waals surface area contributed by atoms with Crippen molar-refractivity contribution in [2.75, 3.05) is 5.32 Å². The zero-order chi connectivity index (χ0) is 22.1. The lowest BCUT2D eigenvalue weighted by Crippen LogP contribution is -2.22. The van der Waals surface area contributed by atoms with Gasteiger partial charge in [0.05, 0.1) is 11.8 Å². The molecule has 0 aliphatic carbocycles. The molecule has 3 aromatic heterocycles. The van der Waals surface area contributed by atoms with Crippen molar-refractivity contribution >= 4 is 11.7 Å². The Kier molecular flexibility index (Phi) is 5.20. The van der Waals surface area contributed by atoms with Crippen LogP contribution in [0.25, 0.3) is 17.4 Å². The van der Waals surface area contributed by atoms with Crippen LogP contribution in [0.2, 0.25) is 0 Å². The van der Waals surface area contributed by atoms with E-state index in [1.54, 1.807) is 19.1 Å². The fourth-order valence-electron chi connectivity index (χ4n) is 3.15. The van der Waals surface area contributed by atoms with Gasteiger partial charge in [0.15, 0.2) is 5.76 Å². The van der Waals surface area contributed by atoms with Gasteiger partial charge in [0.25, 0.3) is 11.5 Å². The molecule has 0 atom stereocenters. The van der Waals surface area contributed by atoms with E-state index in [0.29, 0.717) is 35.2 Å². The van der Waals surface area contributed by atoms with Crippen molar-refractivity contribution in [1.29, 1.82) is 0 Å². The molecule has 0 spiro atoms. The Hall–Kier alpha value is -4.08. The van der Waals surface area contributed by atoms with Gasteiger partial charge in [0, 0.05) is 23.4 Å². The molecule has 0 bridgehead atoms. The predicted octanol–water partition coefficient (Wildman–Crippen LogP) is 3.62. The summed E-state index contributed by atoms with van der Waals surface area (Å²) in [7, 11) is 0.